The van der Waals surface area contributed by atoms with Gasteiger partial charge in [-0.25, -0.2) is 0 Å². The molecule has 0 N–H and O–H groups in total. The number of hydrogen-bond donors (Lipinski definition) is 0. The van der Waals surface area contributed by atoms with Crippen molar-refractivity contribution in [3.63, 3.8) is 0 Å². The maximum Gasteiger partial charge on any atom is 0.270 e. The van der Waals surface area contributed by atoms with Crippen LogP contribution in [0.15, 0.2) is 47.4 Å². The van der Waals surface area contributed by atoms with E-state index in [1.165, 1.54) is 17.3 Å². The number of hydrogen-bond acceptors (Lipinski definition) is 3. The first-order valence-corrected chi connectivity index (χ1v) is 9.16. The first-order valence-electron chi connectivity index (χ1n) is 7.93. The molecule has 2 nitrogen and oxygen atoms in total. The standard InChI is InChI=1S/C20H19NOS2/c1-4-15-7-9-16(10-8-15)12-18-19(22)21(20(23)24-18)17-11-13(2)5-6-14(17)3/h5-12H,4H2,1-3H3. The van der Waals surface area contributed by atoms with Crippen molar-refractivity contribution in [2.24, 2.45) is 0 Å². The minimum atomic E-state index is -0.0433. The largest absolute Gasteiger partial charge is 0.270 e. The van der Waals surface area contributed by atoms with E-state index in [9.17, 15) is 4.79 Å². The molecule has 1 heterocycles. The predicted molar refractivity (Wildman–Crippen MR) is 107 cm³/mol. The zero-order valence-corrected chi connectivity index (χ0v) is 15.6. The molecule has 0 unspecified atom stereocenters. The van der Waals surface area contributed by atoms with Crippen molar-refractivity contribution in [1.82, 2.24) is 0 Å². The van der Waals surface area contributed by atoms with Gasteiger partial charge in [0.05, 0.1) is 10.6 Å². The van der Waals surface area contributed by atoms with Crippen molar-refractivity contribution in [3.05, 3.63) is 69.6 Å². The number of rotatable bonds is 3. The number of benzene rings is 2. The third kappa shape index (κ3) is 3.30. The van der Waals surface area contributed by atoms with Crippen molar-refractivity contribution < 1.29 is 4.79 Å². The van der Waals surface area contributed by atoms with Crippen LogP contribution < -0.4 is 4.90 Å². The van der Waals surface area contributed by atoms with Crippen molar-refractivity contribution >= 4 is 46.0 Å². The van der Waals surface area contributed by atoms with Gasteiger partial charge in [0.1, 0.15) is 0 Å². The Morgan fingerprint density at radius 2 is 1.83 bits per heavy atom. The highest BCUT2D eigenvalue weighted by molar-refractivity contribution is 8.27. The molecule has 3 rings (SSSR count). The summed E-state index contributed by atoms with van der Waals surface area (Å²) in [5.74, 6) is -0.0433. The molecule has 24 heavy (non-hydrogen) atoms. The van der Waals surface area contributed by atoms with Gasteiger partial charge in [-0.05, 0) is 54.7 Å². The second-order valence-corrected chi connectivity index (χ2v) is 7.58. The Bertz CT molecular complexity index is 837. The van der Waals surface area contributed by atoms with Gasteiger partial charge in [-0.3, -0.25) is 9.69 Å². The summed E-state index contributed by atoms with van der Waals surface area (Å²) in [6.07, 6.45) is 2.93. The summed E-state index contributed by atoms with van der Waals surface area (Å²) < 4.78 is 0.588. The summed E-state index contributed by atoms with van der Waals surface area (Å²) in [6, 6.07) is 14.4. The van der Waals surface area contributed by atoms with Crippen LogP contribution in [0.1, 0.15) is 29.2 Å². The highest BCUT2D eigenvalue weighted by Crippen LogP contribution is 2.37. The van der Waals surface area contributed by atoms with Gasteiger partial charge in [-0.2, -0.15) is 0 Å². The van der Waals surface area contributed by atoms with Crippen LogP contribution in [0, 0.1) is 13.8 Å². The molecule has 0 saturated carbocycles. The number of thioether (sulfide) groups is 1. The van der Waals surface area contributed by atoms with Crippen LogP contribution in [-0.2, 0) is 11.2 Å². The molecule has 0 aromatic heterocycles. The van der Waals surface area contributed by atoms with Crippen molar-refractivity contribution in [2.75, 3.05) is 4.90 Å². The summed E-state index contributed by atoms with van der Waals surface area (Å²) in [5.41, 5.74) is 5.35. The number of thiocarbonyl (C=S) groups is 1. The summed E-state index contributed by atoms with van der Waals surface area (Å²) in [7, 11) is 0. The quantitative estimate of drug-likeness (QED) is 0.554. The highest BCUT2D eigenvalue weighted by atomic mass is 32.2. The molecule has 0 bridgehead atoms. The summed E-state index contributed by atoms with van der Waals surface area (Å²) >= 11 is 6.83. The van der Waals surface area contributed by atoms with Gasteiger partial charge in [-0.15, -0.1) is 0 Å². The van der Waals surface area contributed by atoms with Crippen LogP contribution in [0.2, 0.25) is 0 Å². The molecule has 1 aliphatic heterocycles. The van der Waals surface area contributed by atoms with Gasteiger partial charge in [0, 0.05) is 0 Å². The number of aryl methyl sites for hydroxylation is 3. The van der Waals surface area contributed by atoms with E-state index in [4.69, 9.17) is 12.2 Å². The molecule has 2 aromatic rings. The normalized spacial score (nSPS) is 16.3. The van der Waals surface area contributed by atoms with Gasteiger partial charge in [0.15, 0.2) is 4.32 Å². The Hall–Kier alpha value is -1.91. The lowest BCUT2D eigenvalue weighted by Crippen LogP contribution is -2.28. The zero-order valence-electron chi connectivity index (χ0n) is 14.0. The molecule has 1 saturated heterocycles. The minimum absolute atomic E-state index is 0.0433. The minimum Gasteiger partial charge on any atom is -0.268 e. The van der Waals surface area contributed by atoms with E-state index in [-0.39, 0.29) is 5.91 Å². The topological polar surface area (TPSA) is 20.3 Å². The van der Waals surface area contributed by atoms with E-state index < -0.39 is 0 Å². The molecule has 1 fully saturated rings. The Morgan fingerprint density at radius 1 is 1.12 bits per heavy atom. The van der Waals surface area contributed by atoms with Gasteiger partial charge in [0.25, 0.3) is 5.91 Å². The third-order valence-corrected chi connectivity index (χ3v) is 5.39. The SMILES string of the molecule is CCc1ccc(C=C2SC(=S)N(c3cc(C)ccc3C)C2=O)cc1. The van der Waals surface area contributed by atoms with E-state index in [2.05, 4.69) is 19.1 Å². The second-order valence-electron chi connectivity index (χ2n) is 5.90. The number of amides is 1. The molecule has 0 atom stereocenters. The van der Waals surface area contributed by atoms with Crippen LogP contribution in [0.4, 0.5) is 5.69 Å². The number of carbonyl (C=O) groups is 1. The van der Waals surface area contributed by atoms with Gasteiger partial charge < -0.3 is 0 Å². The molecule has 2 aromatic carbocycles. The Labute approximate surface area is 152 Å². The van der Waals surface area contributed by atoms with Crippen molar-refractivity contribution in [1.29, 1.82) is 0 Å². The zero-order chi connectivity index (χ0) is 17.3. The summed E-state index contributed by atoms with van der Waals surface area (Å²) in [5, 5.41) is 0. The molecule has 0 radical (unpaired) electrons. The van der Waals surface area contributed by atoms with Gasteiger partial charge in [0.2, 0.25) is 0 Å². The molecule has 1 amide bonds. The predicted octanol–water partition coefficient (Wildman–Crippen LogP) is 5.27. The third-order valence-electron chi connectivity index (χ3n) is 4.08. The fraction of sp³-hybridized carbons (Fsp3) is 0.200. The first-order chi connectivity index (χ1) is 11.5. The lowest BCUT2D eigenvalue weighted by molar-refractivity contribution is -0.113. The monoisotopic (exact) mass is 353 g/mol. The molecule has 0 aliphatic carbocycles. The maximum atomic E-state index is 12.9. The van der Waals surface area contributed by atoms with Crippen molar-refractivity contribution in [3.8, 4) is 0 Å². The average molecular weight is 354 g/mol. The van der Waals surface area contributed by atoms with Crippen LogP contribution >= 0.6 is 24.0 Å². The molecule has 4 heteroatoms. The van der Waals surface area contributed by atoms with Crippen LogP contribution in [0.3, 0.4) is 0 Å². The van der Waals surface area contributed by atoms with Crippen molar-refractivity contribution in [2.45, 2.75) is 27.2 Å². The summed E-state index contributed by atoms with van der Waals surface area (Å²) in [6.45, 7) is 6.15. The van der Waals surface area contributed by atoms with Crippen LogP contribution in [0.25, 0.3) is 6.08 Å². The van der Waals surface area contributed by atoms with Crippen LogP contribution in [0.5, 0.6) is 0 Å². The van der Waals surface area contributed by atoms with Gasteiger partial charge in [-0.1, -0.05) is 67.3 Å². The lowest BCUT2D eigenvalue weighted by Gasteiger charge is -2.17. The second kappa shape index (κ2) is 6.91. The van der Waals surface area contributed by atoms with E-state index in [1.807, 2.05) is 50.3 Å². The van der Waals surface area contributed by atoms with E-state index in [0.717, 1.165) is 28.8 Å². The Kier molecular flexibility index (Phi) is 4.88. The smallest absolute Gasteiger partial charge is 0.268 e. The molecular formula is C20H19NOS2. The fourth-order valence-corrected chi connectivity index (χ4v) is 3.92. The fourth-order valence-electron chi connectivity index (χ4n) is 2.64. The maximum absolute atomic E-state index is 12.9. The molecular weight excluding hydrogens is 334 g/mol. The lowest BCUT2D eigenvalue weighted by atomic mass is 10.1. The average Bonchev–Trinajstić information content (AvgIpc) is 2.84. The first kappa shape index (κ1) is 16.9. The Morgan fingerprint density at radius 3 is 2.50 bits per heavy atom. The molecule has 1 aliphatic rings. The number of anilines is 1. The highest BCUT2D eigenvalue weighted by Gasteiger charge is 2.34. The molecule has 122 valence electrons. The number of carbonyl (C=O) groups excluding carboxylic acids is 1. The molecule has 0 spiro atoms. The van der Waals surface area contributed by atoms with Gasteiger partial charge >= 0.3 is 0 Å². The van der Waals surface area contributed by atoms with E-state index >= 15 is 0 Å². The van der Waals surface area contributed by atoms with E-state index in [1.54, 1.807) is 4.90 Å². The summed E-state index contributed by atoms with van der Waals surface area (Å²) in [4.78, 5) is 15.2. The van der Waals surface area contributed by atoms with E-state index in [0.29, 0.717) is 9.23 Å². The van der Waals surface area contributed by atoms with Crippen LogP contribution in [-0.4, -0.2) is 10.2 Å². The number of nitrogens with zero attached hydrogens (tertiary/aromatic N) is 1. The Balaban J connectivity index is 1.93.